The van der Waals surface area contributed by atoms with Crippen LogP contribution in [0.5, 0.6) is 0 Å². The minimum absolute atomic E-state index is 0.0775. The minimum Gasteiger partial charge on any atom is -0.326 e. The molecule has 0 fully saturated rings. The number of nitrogens with one attached hydrogen (secondary N) is 1. The zero-order chi connectivity index (χ0) is 23.1. The summed E-state index contributed by atoms with van der Waals surface area (Å²) in [6.07, 6.45) is 0.725. The molecule has 3 rings (SSSR count). The number of amides is 2. The van der Waals surface area contributed by atoms with Gasteiger partial charge in [-0.05, 0) is 60.7 Å². The highest BCUT2D eigenvalue weighted by atomic mass is 16.2. The van der Waals surface area contributed by atoms with Crippen LogP contribution in [0.2, 0.25) is 0 Å². The van der Waals surface area contributed by atoms with Crippen molar-refractivity contribution < 1.29 is 9.59 Å². The Balaban J connectivity index is 1.79. The van der Waals surface area contributed by atoms with Gasteiger partial charge in [0.2, 0.25) is 11.8 Å². The summed E-state index contributed by atoms with van der Waals surface area (Å²) >= 11 is 0. The second-order valence-electron chi connectivity index (χ2n) is 8.83. The summed E-state index contributed by atoms with van der Waals surface area (Å²) in [4.78, 5) is 27.5. The molecular formula is C28H32N2O2. The molecule has 0 aliphatic rings. The highest BCUT2D eigenvalue weighted by Crippen LogP contribution is 2.22. The number of hydrogen-bond acceptors (Lipinski definition) is 2. The van der Waals surface area contributed by atoms with E-state index in [1.165, 1.54) is 5.56 Å². The van der Waals surface area contributed by atoms with Crippen LogP contribution < -0.4 is 10.2 Å². The molecule has 166 valence electrons. The lowest BCUT2D eigenvalue weighted by Gasteiger charge is -2.25. The maximum absolute atomic E-state index is 13.1. The third-order valence-electron chi connectivity index (χ3n) is 5.23. The Morgan fingerprint density at radius 1 is 0.844 bits per heavy atom. The Morgan fingerprint density at radius 2 is 1.56 bits per heavy atom. The quantitative estimate of drug-likeness (QED) is 0.474. The van der Waals surface area contributed by atoms with Crippen LogP contribution in [0, 0.1) is 19.8 Å². The SMILES string of the molecule is Cc1ccc(CN(C(=O)CC(C)C)c2cccc(CC(=O)Nc3cccc(C)c3)c2)cc1. The first-order valence-electron chi connectivity index (χ1n) is 11.1. The molecule has 3 aromatic rings. The molecule has 0 aliphatic heterocycles. The van der Waals surface area contributed by atoms with Gasteiger partial charge in [-0.1, -0.05) is 67.9 Å². The van der Waals surface area contributed by atoms with Gasteiger partial charge < -0.3 is 10.2 Å². The van der Waals surface area contributed by atoms with E-state index in [-0.39, 0.29) is 24.2 Å². The maximum Gasteiger partial charge on any atom is 0.228 e. The van der Waals surface area contributed by atoms with Crippen molar-refractivity contribution in [3.8, 4) is 0 Å². The van der Waals surface area contributed by atoms with Crippen molar-refractivity contribution in [2.24, 2.45) is 5.92 Å². The number of aryl methyl sites for hydroxylation is 2. The number of carbonyl (C=O) groups is 2. The topological polar surface area (TPSA) is 49.4 Å². The number of anilines is 2. The highest BCUT2D eigenvalue weighted by Gasteiger charge is 2.18. The zero-order valence-corrected chi connectivity index (χ0v) is 19.4. The largest absolute Gasteiger partial charge is 0.326 e. The highest BCUT2D eigenvalue weighted by molar-refractivity contribution is 5.94. The lowest BCUT2D eigenvalue weighted by molar-refractivity contribution is -0.119. The molecule has 0 saturated heterocycles. The standard InChI is InChI=1S/C28H32N2O2/c1-20(2)15-28(32)30(19-23-13-11-21(3)12-14-23)26-10-6-8-24(17-26)18-27(31)29-25-9-5-7-22(4)16-25/h5-14,16-17,20H,15,18-19H2,1-4H3,(H,29,31). The molecule has 0 unspecified atom stereocenters. The molecule has 4 heteroatoms. The van der Waals surface area contributed by atoms with E-state index in [1.807, 2.05) is 74.2 Å². The smallest absolute Gasteiger partial charge is 0.228 e. The van der Waals surface area contributed by atoms with Gasteiger partial charge in [-0.15, -0.1) is 0 Å². The average Bonchev–Trinajstić information content (AvgIpc) is 2.73. The van der Waals surface area contributed by atoms with Gasteiger partial charge in [0.05, 0.1) is 13.0 Å². The van der Waals surface area contributed by atoms with Crippen LogP contribution in [-0.2, 0) is 22.6 Å². The van der Waals surface area contributed by atoms with Gasteiger partial charge in [0.1, 0.15) is 0 Å². The zero-order valence-electron chi connectivity index (χ0n) is 19.4. The molecule has 0 atom stereocenters. The van der Waals surface area contributed by atoms with E-state index in [2.05, 4.69) is 36.5 Å². The van der Waals surface area contributed by atoms with Crippen molar-refractivity contribution >= 4 is 23.2 Å². The van der Waals surface area contributed by atoms with E-state index in [0.29, 0.717) is 13.0 Å². The summed E-state index contributed by atoms with van der Waals surface area (Å²) < 4.78 is 0. The van der Waals surface area contributed by atoms with Gasteiger partial charge in [-0.3, -0.25) is 9.59 Å². The number of nitrogens with zero attached hydrogens (tertiary/aromatic N) is 1. The van der Waals surface area contributed by atoms with Crippen molar-refractivity contribution in [1.29, 1.82) is 0 Å². The minimum atomic E-state index is -0.0775. The second-order valence-corrected chi connectivity index (χ2v) is 8.83. The monoisotopic (exact) mass is 428 g/mol. The summed E-state index contributed by atoms with van der Waals surface area (Å²) in [5, 5.41) is 2.95. The van der Waals surface area contributed by atoms with Crippen molar-refractivity contribution in [2.75, 3.05) is 10.2 Å². The van der Waals surface area contributed by atoms with Crippen LogP contribution in [0.25, 0.3) is 0 Å². The van der Waals surface area contributed by atoms with Crippen molar-refractivity contribution in [2.45, 2.75) is 47.1 Å². The molecule has 4 nitrogen and oxygen atoms in total. The van der Waals surface area contributed by atoms with Crippen LogP contribution in [-0.4, -0.2) is 11.8 Å². The molecule has 0 bridgehead atoms. The molecule has 32 heavy (non-hydrogen) atoms. The van der Waals surface area contributed by atoms with E-state index < -0.39 is 0 Å². The molecule has 2 amide bonds. The first-order chi connectivity index (χ1) is 15.3. The Kier molecular flexibility index (Phi) is 7.82. The molecule has 0 saturated carbocycles. The van der Waals surface area contributed by atoms with Gasteiger partial charge in [0.15, 0.2) is 0 Å². The Hall–Kier alpha value is -3.40. The first-order valence-corrected chi connectivity index (χ1v) is 11.1. The molecule has 0 spiro atoms. The maximum atomic E-state index is 13.1. The van der Waals surface area contributed by atoms with E-state index in [4.69, 9.17) is 0 Å². The number of carbonyl (C=O) groups excluding carboxylic acids is 2. The van der Waals surface area contributed by atoms with Crippen molar-refractivity contribution in [3.63, 3.8) is 0 Å². The fourth-order valence-corrected chi connectivity index (χ4v) is 3.61. The van der Waals surface area contributed by atoms with Gasteiger partial charge in [0.25, 0.3) is 0 Å². The lowest BCUT2D eigenvalue weighted by Crippen LogP contribution is -2.31. The van der Waals surface area contributed by atoms with Gasteiger partial charge in [-0.2, -0.15) is 0 Å². The van der Waals surface area contributed by atoms with Crippen molar-refractivity contribution in [3.05, 3.63) is 95.1 Å². The summed E-state index contributed by atoms with van der Waals surface area (Å²) in [5.74, 6) is 0.277. The predicted octanol–water partition coefficient (Wildman–Crippen LogP) is 6.06. The average molecular weight is 429 g/mol. The van der Waals surface area contributed by atoms with Crippen LogP contribution in [0.15, 0.2) is 72.8 Å². The Labute approximate surface area is 191 Å². The number of hydrogen-bond donors (Lipinski definition) is 1. The second kappa shape index (κ2) is 10.8. The lowest BCUT2D eigenvalue weighted by atomic mass is 10.1. The summed E-state index contributed by atoms with van der Waals surface area (Å²) in [5.41, 5.74) is 5.85. The van der Waals surface area contributed by atoms with Gasteiger partial charge in [0, 0.05) is 17.8 Å². The normalized spacial score (nSPS) is 10.8. The molecule has 1 N–H and O–H groups in total. The van der Waals surface area contributed by atoms with E-state index in [1.54, 1.807) is 0 Å². The van der Waals surface area contributed by atoms with Crippen LogP contribution in [0.1, 0.15) is 42.5 Å². The van der Waals surface area contributed by atoms with Crippen LogP contribution in [0.3, 0.4) is 0 Å². The fourth-order valence-electron chi connectivity index (χ4n) is 3.61. The molecule has 3 aromatic carbocycles. The summed E-state index contributed by atoms with van der Waals surface area (Å²) in [6.45, 7) is 8.65. The van der Waals surface area contributed by atoms with Crippen LogP contribution >= 0.6 is 0 Å². The molecular weight excluding hydrogens is 396 g/mol. The third kappa shape index (κ3) is 6.81. The van der Waals surface area contributed by atoms with Crippen LogP contribution in [0.4, 0.5) is 11.4 Å². The van der Waals surface area contributed by atoms with Gasteiger partial charge >= 0.3 is 0 Å². The van der Waals surface area contributed by atoms with Crippen molar-refractivity contribution in [1.82, 2.24) is 0 Å². The third-order valence-corrected chi connectivity index (χ3v) is 5.23. The summed E-state index contributed by atoms with van der Waals surface area (Å²) in [7, 11) is 0. The molecule has 0 heterocycles. The predicted molar refractivity (Wildman–Crippen MR) is 132 cm³/mol. The number of rotatable bonds is 8. The summed E-state index contributed by atoms with van der Waals surface area (Å²) in [6, 6.07) is 23.7. The van der Waals surface area contributed by atoms with E-state index >= 15 is 0 Å². The fraction of sp³-hybridized carbons (Fsp3) is 0.286. The first kappa shape index (κ1) is 23.3. The van der Waals surface area contributed by atoms with E-state index in [9.17, 15) is 9.59 Å². The molecule has 0 radical (unpaired) electrons. The van der Waals surface area contributed by atoms with E-state index in [0.717, 1.165) is 28.1 Å². The van der Waals surface area contributed by atoms with Gasteiger partial charge in [-0.25, -0.2) is 0 Å². The Bertz CT molecular complexity index is 1070. The molecule has 0 aliphatic carbocycles. The molecule has 0 aromatic heterocycles. The number of benzene rings is 3. The Morgan fingerprint density at radius 3 is 2.25 bits per heavy atom.